The lowest BCUT2D eigenvalue weighted by atomic mass is 9.95. The van der Waals surface area contributed by atoms with Gasteiger partial charge in [0.15, 0.2) is 0 Å². The van der Waals surface area contributed by atoms with Gasteiger partial charge in [0.05, 0.1) is 0 Å². The maximum atomic E-state index is 5.86. The van der Waals surface area contributed by atoms with E-state index < -0.39 is 0 Å². The maximum Gasteiger partial charge on any atom is 0.00194 e. The average Bonchev–Trinajstić information content (AvgIpc) is 2.87. The van der Waals surface area contributed by atoms with E-state index in [2.05, 4.69) is 23.9 Å². The number of rotatable bonds is 5. The quantitative estimate of drug-likeness (QED) is 0.783. The normalized spacial score (nSPS) is 34.9. The summed E-state index contributed by atoms with van der Waals surface area (Å²) in [7, 11) is 4.53. The Morgan fingerprint density at radius 1 is 1.18 bits per heavy atom. The Kier molecular flexibility index (Phi) is 4.83. The van der Waals surface area contributed by atoms with Gasteiger partial charge in [-0.3, -0.25) is 0 Å². The number of nitrogens with two attached hydrogens (primary N) is 1. The Morgan fingerprint density at radius 2 is 1.94 bits per heavy atom. The highest BCUT2D eigenvalue weighted by molar-refractivity contribution is 4.82. The summed E-state index contributed by atoms with van der Waals surface area (Å²) in [5.74, 6) is 2.55. The molecule has 0 aromatic heterocycles. The molecule has 2 rings (SSSR count). The molecular weight excluding hydrogens is 210 g/mol. The van der Waals surface area contributed by atoms with E-state index in [0.717, 1.165) is 24.3 Å². The van der Waals surface area contributed by atoms with Crippen LogP contribution in [0.3, 0.4) is 0 Å². The van der Waals surface area contributed by atoms with Gasteiger partial charge in [0, 0.05) is 19.6 Å². The van der Waals surface area contributed by atoms with Crippen LogP contribution in [-0.2, 0) is 0 Å². The van der Waals surface area contributed by atoms with Crippen molar-refractivity contribution < 1.29 is 0 Å². The van der Waals surface area contributed by atoms with Crippen molar-refractivity contribution in [2.24, 2.45) is 23.5 Å². The minimum atomic E-state index is 0.795. The van der Waals surface area contributed by atoms with Crippen LogP contribution in [-0.4, -0.2) is 56.6 Å². The average molecular weight is 239 g/mol. The lowest BCUT2D eigenvalue weighted by molar-refractivity contribution is 0.214. The topological polar surface area (TPSA) is 32.5 Å². The summed E-state index contributed by atoms with van der Waals surface area (Å²) in [5.41, 5.74) is 5.86. The van der Waals surface area contributed by atoms with Crippen LogP contribution in [0, 0.1) is 17.8 Å². The van der Waals surface area contributed by atoms with E-state index in [1.165, 1.54) is 51.9 Å². The molecule has 3 unspecified atom stereocenters. The minimum absolute atomic E-state index is 0.795. The molecule has 0 spiro atoms. The monoisotopic (exact) mass is 239 g/mol. The highest BCUT2D eigenvalue weighted by Gasteiger charge is 2.28. The van der Waals surface area contributed by atoms with Gasteiger partial charge in [-0.15, -0.1) is 0 Å². The van der Waals surface area contributed by atoms with Gasteiger partial charge in [-0.05, 0) is 64.2 Å². The van der Waals surface area contributed by atoms with Crippen LogP contribution in [0.25, 0.3) is 0 Å². The van der Waals surface area contributed by atoms with Crippen molar-refractivity contribution in [3.63, 3.8) is 0 Å². The zero-order valence-corrected chi connectivity index (χ0v) is 11.6. The van der Waals surface area contributed by atoms with Crippen molar-refractivity contribution in [2.45, 2.75) is 25.7 Å². The second-order valence-corrected chi connectivity index (χ2v) is 6.32. The van der Waals surface area contributed by atoms with Gasteiger partial charge in [0.25, 0.3) is 0 Å². The number of hydrogen-bond acceptors (Lipinski definition) is 3. The van der Waals surface area contributed by atoms with E-state index in [9.17, 15) is 0 Å². The molecule has 3 nitrogen and oxygen atoms in total. The van der Waals surface area contributed by atoms with E-state index in [1.807, 2.05) is 0 Å². The summed E-state index contributed by atoms with van der Waals surface area (Å²) in [6, 6.07) is 0. The summed E-state index contributed by atoms with van der Waals surface area (Å²) in [6.07, 6.45) is 5.54. The molecule has 3 atom stereocenters. The van der Waals surface area contributed by atoms with E-state index in [1.54, 1.807) is 0 Å². The molecule has 0 amide bonds. The van der Waals surface area contributed by atoms with Gasteiger partial charge >= 0.3 is 0 Å². The third-order valence-corrected chi connectivity index (χ3v) is 4.72. The van der Waals surface area contributed by atoms with E-state index in [4.69, 9.17) is 5.73 Å². The second-order valence-electron chi connectivity index (χ2n) is 6.32. The van der Waals surface area contributed by atoms with Gasteiger partial charge in [-0.25, -0.2) is 0 Å². The smallest absolute Gasteiger partial charge is 0.00194 e. The Balaban J connectivity index is 1.71. The molecular formula is C14H29N3. The molecule has 0 bridgehead atoms. The van der Waals surface area contributed by atoms with Crippen molar-refractivity contribution >= 4 is 0 Å². The van der Waals surface area contributed by atoms with Crippen molar-refractivity contribution in [3.05, 3.63) is 0 Å². The summed E-state index contributed by atoms with van der Waals surface area (Å²) >= 11 is 0. The van der Waals surface area contributed by atoms with Gasteiger partial charge < -0.3 is 15.5 Å². The first-order chi connectivity index (χ1) is 8.19. The summed E-state index contributed by atoms with van der Waals surface area (Å²) in [6.45, 7) is 6.01. The molecule has 1 saturated carbocycles. The molecule has 3 heteroatoms. The Morgan fingerprint density at radius 3 is 2.59 bits per heavy atom. The third kappa shape index (κ3) is 3.67. The standard InChI is InChI=1S/C14H29N3/c1-16-7-6-12(9-16)10-17(2)11-14-5-3-4-13(14)8-15/h12-14H,3-11,15H2,1-2H3. The molecule has 0 radical (unpaired) electrons. The fourth-order valence-corrected chi connectivity index (χ4v) is 3.76. The van der Waals surface area contributed by atoms with Gasteiger partial charge in [0.2, 0.25) is 0 Å². The first-order valence-electron chi connectivity index (χ1n) is 7.26. The summed E-state index contributed by atoms with van der Waals surface area (Å²) in [4.78, 5) is 5.01. The molecule has 0 aromatic rings. The molecule has 17 heavy (non-hydrogen) atoms. The first-order valence-corrected chi connectivity index (χ1v) is 7.26. The predicted molar refractivity (Wildman–Crippen MR) is 73.0 cm³/mol. The van der Waals surface area contributed by atoms with Gasteiger partial charge in [-0.1, -0.05) is 6.42 Å². The predicted octanol–water partition coefficient (Wildman–Crippen LogP) is 1.24. The SMILES string of the molecule is CN1CCC(CN(C)CC2CCCC2CN)C1. The number of nitrogens with zero attached hydrogens (tertiary/aromatic N) is 2. The summed E-state index contributed by atoms with van der Waals surface area (Å²) < 4.78 is 0. The zero-order chi connectivity index (χ0) is 12.3. The second kappa shape index (κ2) is 6.17. The number of hydrogen-bond donors (Lipinski definition) is 1. The molecule has 2 fully saturated rings. The van der Waals surface area contributed by atoms with Crippen LogP contribution in [0.5, 0.6) is 0 Å². The lowest BCUT2D eigenvalue weighted by Gasteiger charge is -2.27. The van der Waals surface area contributed by atoms with Crippen LogP contribution < -0.4 is 5.73 Å². The van der Waals surface area contributed by atoms with Crippen molar-refractivity contribution in [3.8, 4) is 0 Å². The molecule has 2 N–H and O–H groups in total. The molecule has 0 aromatic carbocycles. The summed E-state index contributed by atoms with van der Waals surface area (Å²) in [5, 5.41) is 0. The van der Waals surface area contributed by atoms with Crippen LogP contribution in [0.2, 0.25) is 0 Å². The fraction of sp³-hybridized carbons (Fsp3) is 1.00. The molecule has 1 saturated heterocycles. The Hall–Kier alpha value is -0.120. The van der Waals surface area contributed by atoms with Crippen LogP contribution in [0.1, 0.15) is 25.7 Å². The molecule has 1 aliphatic carbocycles. The molecule has 1 heterocycles. The van der Waals surface area contributed by atoms with E-state index in [0.29, 0.717) is 0 Å². The third-order valence-electron chi connectivity index (χ3n) is 4.72. The Labute approximate surface area is 106 Å². The fourth-order valence-electron chi connectivity index (χ4n) is 3.76. The van der Waals surface area contributed by atoms with Crippen molar-refractivity contribution in [1.82, 2.24) is 9.80 Å². The molecule has 100 valence electrons. The van der Waals surface area contributed by atoms with Crippen molar-refractivity contribution in [2.75, 3.05) is 46.8 Å². The largest absolute Gasteiger partial charge is 0.330 e. The van der Waals surface area contributed by atoms with Crippen molar-refractivity contribution in [1.29, 1.82) is 0 Å². The first kappa shape index (κ1) is 13.3. The van der Waals surface area contributed by atoms with Gasteiger partial charge in [-0.2, -0.15) is 0 Å². The molecule has 1 aliphatic heterocycles. The van der Waals surface area contributed by atoms with E-state index >= 15 is 0 Å². The van der Waals surface area contributed by atoms with Crippen LogP contribution in [0.15, 0.2) is 0 Å². The highest BCUT2D eigenvalue weighted by atomic mass is 15.1. The van der Waals surface area contributed by atoms with Crippen LogP contribution in [0.4, 0.5) is 0 Å². The van der Waals surface area contributed by atoms with E-state index in [-0.39, 0.29) is 0 Å². The Bertz CT molecular complexity index is 232. The lowest BCUT2D eigenvalue weighted by Crippen LogP contribution is -2.34. The maximum absolute atomic E-state index is 5.86. The molecule has 2 aliphatic rings. The highest BCUT2D eigenvalue weighted by Crippen LogP contribution is 2.31. The minimum Gasteiger partial charge on any atom is -0.330 e. The van der Waals surface area contributed by atoms with Gasteiger partial charge in [0.1, 0.15) is 0 Å². The van der Waals surface area contributed by atoms with Crippen LogP contribution >= 0.6 is 0 Å². The zero-order valence-electron chi connectivity index (χ0n) is 11.6. The number of likely N-dealkylation sites (tertiary alicyclic amines) is 1.